The Balaban J connectivity index is 1.97. The van der Waals surface area contributed by atoms with Crippen LogP contribution in [0.15, 0.2) is 84.9 Å². The van der Waals surface area contributed by atoms with Crippen LogP contribution in [0.4, 0.5) is 0 Å². The molecule has 2 heteroatoms. The van der Waals surface area contributed by atoms with Crippen LogP contribution in [-0.2, 0) is 10.3 Å². The van der Waals surface area contributed by atoms with Gasteiger partial charge in [-0.1, -0.05) is 78.9 Å². The second-order valence-electron chi connectivity index (χ2n) is 5.71. The van der Waals surface area contributed by atoms with Gasteiger partial charge in [-0.05, 0) is 17.2 Å². The highest BCUT2D eigenvalue weighted by molar-refractivity contribution is 5.52. The lowest BCUT2D eigenvalue weighted by atomic mass is 9.80. The van der Waals surface area contributed by atoms with Gasteiger partial charge in [-0.15, -0.1) is 0 Å². The summed E-state index contributed by atoms with van der Waals surface area (Å²) in [5.41, 5.74) is 2.64. The molecule has 3 aromatic carbocycles. The Hall–Kier alpha value is -2.58. The van der Waals surface area contributed by atoms with Gasteiger partial charge < -0.3 is 9.47 Å². The first kappa shape index (κ1) is 14.0. The topological polar surface area (TPSA) is 18.5 Å². The van der Waals surface area contributed by atoms with E-state index in [4.69, 9.17) is 9.47 Å². The van der Waals surface area contributed by atoms with Crippen molar-refractivity contribution in [3.63, 3.8) is 0 Å². The van der Waals surface area contributed by atoms with Crippen LogP contribution in [0, 0.1) is 0 Å². The molecule has 1 heterocycles. The summed E-state index contributed by atoms with van der Waals surface area (Å²) in [5.74, 6) is 0.882. The van der Waals surface area contributed by atoms with Crippen LogP contribution in [0.25, 0.3) is 0 Å². The second kappa shape index (κ2) is 5.56. The quantitative estimate of drug-likeness (QED) is 0.697. The maximum atomic E-state index is 6.33. The van der Waals surface area contributed by atoms with Gasteiger partial charge in [0.1, 0.15) is 5.75 Å². The van der Waals surface area contributed by atoms with Crippen molar-refractivity contribution in [1.29, 1.82) is 0 Å². The van der Waals surface area contributed by atoms with Gasteiger partial charge in [0.25, 0.3) is 0 Å². The molecule has 0 saturated heterocycles. The summed E-state index contributed by atoms with van der Waals surface area (Å²) >= 11 is 0. The third-order valence-electron chi connectivity index (χ3n) is 4.53. The SMILES string of the molecule is CO[C@@]1(c2ccccc2)c2ccccc2O[C@H]1c1ccccc1. The van der Waals surface area contributed by atoms with E-state index in [2.05, 4.69) is 30.3 Å². The molecule has 0 aliphatic carbocycles. The minimum atomic E-state index is -0.640. The summed E-state index contributed by atoms with van der Waals surface area (Å²) in [6.07, 6.45) is -0.214. The fourth-order valence-corrected chi connectivity index (χ4v) is 3.49. The molecule has 1 aliphatic rings. The van der Waals surface area contributed by atoms with Crippen molar-refractivity contribution in [2.75, 3.05) is 7.11 Å². The molecule has 0 radical (unpaired) electrons. The first-order chi connectivity index (χ1) is 11.4. The van der Waals surface area contributed by atoms with E-state index in [0.29, 0.717) is 0 Å². The number of benzene rings is 3. The Bertz CT molecular complexity index is 798. The number of ether oxygens (including phenoxy) is 2. The number of methoxy groups -OCH3 is 1. The highest BCUT2D eigenvalue weighted by Gasteiger charge is 2.51. The van der Waals surface area contributed by atoms with E-state index >= 15 is 0 Å². The van der Waals surface area contributed by atoms with Gasteiger partial charge in [-0.3, -0.25) is 0 Å². The van der Waals surface area contributed by atoms with Crippen LogP contribution in [0.5, 0.6) is 5.75 Å². The molecule has 0 N–H and O–H groups in total. The molecule has 23 heavy (non-hydrogen) atoms. The minimum Gasteiger partial charge on any atom is -0.482 e. The summed E-state index contributed by atoms with van der Waals surface area (Å²) in [6, 6.07) is 28.7. The van der Waals surface area contributed by atoms with Crippen molar-refractivity contribution >= 4 is 0 Å². The Morgan fingerprint density at radius 3 is 2.09 bits per heavy atom. The predicted molar refractivity (Wildman–Crippen MR) is 90.5 cm³/mol. The minimum absolute atomic E-state index is 0.214. The molecule has 0 saturated carbocycles. The first-order valence-electron chi connectivity index (χ1n) is 7.78. The van der Waals surface area contributed by atoms with Crippen molar-refractivity contribution in [2.45, 2.75) is 11.7 Å². The normalized spacial score (nSPS) is 22.4. The zero-order valence-corrected chi connectivity index (χ0v) is 13.0. The average Bonchev–Trinajstić information content (AvgIpc) is 2.98. The summed E-state index contributed by atoms with van der Waals surface area (Å²) in [7, 11) is 1.76. The van der Waals surface area contributed by atoms with Crippen molar-refractivity contribution in [3.8, 4) is 5.75 Å². The standard InChI is InChI=1S/C21H18O2/c1-22-21(17-12-6-3-7-13-17)18-14-8-9-15-19(18)23-20(21)16-10-4-2-5-11-16/h2-15,20H,1H3/t20-,21-/m0/s1. The molecule has 114 valence electrons. The molecule has 2 atom stereocenters. The lowest BCUT2D eigenvalue weighted by molar-refractivity contribution is -0.0445. The lowest BCUT2D eigenvalue weighted by Gasteiger charge is -2.34. The highest BCUT2D eigenvalue weighted by Crippen LogP contribution is 2.54. The fourth-order valence-electron chi connectivity index (χ4n) is 3.49. The van der Waals surface area contributed by atoms with Crippen LogP contribution in [0.3, 0.4) is 0 Å². The Morgan fingerprint density at radius 1 is 0.783 bits per heavy atom. The highest BCUT2D eigenvalue weighted by atomic mass is 16.6. The molecule has 0 unspecified atom stereocenters. The van der Waals surface area contributed by atoms with Crippen molar-refractivity contribution < 1.29 is 9.47 Å². The number of rotatable bonds is 3. The summed E-state index contributed by atoms with van der Waals surface area (Å²) in [4.78, 5) is 0. The van der Waals surface area contributed by atoms with E-state index < -0.39 is 5.60 Å². The van der Waals surface area contributed by atoms with Gasteiger partial charge in [0, 0.05) is 12.7 Å². The summed E-state index contributed by atoms with van der Waals surface area (Å²) in [6.45, 7) is 0. The van der Waals surface area contributed by atoms with Crippen LogP contribution in [-0.4, -0.2) is 7.11 Å². The smallest absolute Gasteiger partial charge is 0.162 e. The third kappa shape index (κ3) is 2.07. The van der Waals surface area contributed by atoms with Crippen LogP contribution in [0.2, 0.25) is 0 Å². The molecule has 3 aromatic rings. The van der Waals surface area contributed by atoms with E-state index in [0.717, 1.165) is 22.4 Å². The molecule has 0 spiro atoms. The zero-order chi connectivity index (χ0) is 15.7. The molecule has 2 nitrogen and oxygen atoms in total. The molecule has 0 bridgehead atoms. The molecule has 0 fully saturated rings. The Morgan fingerprint density at radius 2 is 1.39 bits per heavy atom. The fraction of sp³-hybridized carbons (Fsp3) is 0.143. The molecular formula is C21H18O2. The molecule has 1 aliphatic heterocycles. The average molecular weight is 302 g/mol. The second-order valence-corrected chi connectivity index (χ2v) is 5.71. The Labute approximate surface area is 136 Å². The lowest BCUT2D eigenvalue weighted by Crippen LogP contribution is -2.35. The number of para-hydroxylation sites is 1. The van der Waals surface area contributed by atoms with E-state index in [9.17, 15) is 0 Å². The zero-order valence-electron chi connectivity index (χ0n) is 13.0. The van der Waals surface area contributed by atoms with Crippen LogP contribution < -0.4 is 4.74 Å². The molecular weight excluding hydrogens is 284 g/mol. The van der Waals surface area contributed by atoms with Crippen molar-refractivity contribution in [2.24, 2.45) is 0 Å². The molecule has 0 aromatic heterocycles. The van der Waals surface area contributed by atoms with Gasteiger partial charge >= 0.3 is 0 Å². The molecule has 4 rings (SSSR count). The maximum absolute atomic E-state index is 6.33. The van der Waals surface area contributed by atoms with Crippen LogP contribution >= 0.6 is 0 Å². The first-order valence-corrected chi connectivity index (χ1v) is 7.78. The largest absolute Gasteiger partial charge is 0.482 e. The number of fused-ring (bicyclic) bond motifs is 1. The van der Waals surface area contributed by atoms with E-state index in [1.165, 1.54) is 0 Å². The van der Waals surface area contributed by atoms with E-state index in [1.807, 2.05) is 54.6 Å². The van der Waals surface area contributed by atoms with Gasteiger partial charge in [0.05, 0.1) is 0 Å². The van der Waals surface area contributed by atoms with Gasteiger partial charge in [-0.2, -0.15) is 0 Å². The number of hydrogen-bond acceptors (Lipinski definition) is 2. The number of hydrogen-bond donors (Lipinski definition) is 0. The van der Waals surface area contributed by atoms with Gasteiger partial charge in [0.15, 0.2) is 11.7 Å². The van der Waals surface area contributed by atoms with Crippen molar-refractivity contribution in [3.05, 3.63) is 102 Å². The molecule has 0 amide bonds. The van der Waals surface area contributed by atoms with Gasteiger partial charge in [-0.25, -0.2) is 0 Å². The maximum Gasteiger partial charge on any atom is 0.162 e. The third-order valence-corrected chi connectivity index (χ3v) is 4.53. The summed E-state index contributed by atoms with van der Waals surface area (Å²) < 4.78 is 12.5. The predicted octanol–water partition coefficient (Wildman–Crippen LogP) is 4.71. The Kier molecular flexibility index (Phi) is 3.40. The van der Waals surface area contributed by atoms with Crippen molar-refractivity contribution in [1.82, 2.24) is 0 Å². The van der Waals surface area contributed by atoms with E-state index in [1.54, 1.807) is 7.11 Å². The van der Waals surface area contributed by atoms with E-state index in [-0.39, 0.29) is 6.10 Å². The van der Waals surface area contributed by atoms with Crippen LogP contribution in [0.1, 0.15) is 22.8 Å². The van der Waals surface area contributed by atoms with Gasteiger partial charge in [0.2, 0.25) is 0 Å². The summed E-state index contributed by atoms with van der Waals surface area (Å²) in [5, 5.41) is 0. The monoisotopic (exact) mass is 302 g/mol.